The quantitative estimate of drug-likeness (QED) is 0.836. The van der Waals surface area contributed by atoms with Gasteiger partial charge in [0.15, 0.2) is 0 Å². The van der Waals surface area contributed by atoms with Gasteiger partial charge in [-0.3, -0.25) is 0 Å². The zero-order valence-electron chi connectivity index (χ0n) is 12.3. The molecule has 0 aromatic carbocycles. The molecule has 0 saturated carbocycles. The van der Waals surface area contributed by atoms with Crippen molar-refractivity contribution < 1.29 is 0 Å². The Hall–Kier alpha value is -1.62. The molecule has 2 N–H and O–H groups in total. The summed E-state index contributed by atoms with van der Waals surface area (Å²) < 4.78 is 2.26. The van der Waals surface area contributed by atoms with E-state index in [-0.39, 0.29) is 0 Å². The van der Waals surface area contributed by atoms with Gasteiger partial charge in [0.25, 0.3) is 0 Å². The van der Waals surface area contributed by atoms with Crippen LogP contribution in [0.15, 0.2) is 6.33 Å². The van der Waals surface area contributed by atoms with Gasteiger partial charge in [-0.2, -0.15) is 0 Å². The van der Waals surface area contributed by atoms with Crippen LogP contribution in [-0.2, 0) is 6.54 Å². The molecule has 2 aromatic rings. The monoisotopic (exact) mass is 261 g/mol. The fraction of sp³-hybridized carbons (Fsp3) is 0.571. The lowest BCUT2D eigenvalue weighted by atomic mass is 10.2. The zero-order valence-corrected chi connectivity index (χ0v) is 12.3. The van der Waals surface area contributed by atoms with Crippen LogP contribution in [0.3, 0.4) is 0 Å². The lowest BCUT2D eigenvalue weighted by Crippen LogP contribution is -2.13. The molecule has 2 rings (SSSR count). The Morgan fingerprint density at radius 2 is 1.95 bits per heavy atom. The van der Waals surface area contributed by atoms with Crippen LogP contribution in [0.5, 0.6) is 0 Å². The van der Waals surface area contributed by atoms with Crippen LogP contribution in [-0.4, -0.2) is 40.1 Å². The summed E-state index contributed by atoms with van der Waals surface area (Å²) in [6, 6.07) is 0. The van der Waals surface area contributed by atoms with Crippen molar-refractivity contribution in [2.24, 2.45) is 0 Å². The molecule has 0 unspecified atom stereocenters. The van der Waals surface area contributed by atoms with E-state index in [1.807, 2.05) is 0 Å². The summed E-state index contributed by atoms with van der Waals surface area (Å²) in [5.74, 6) is 0.581. The maximum absolute atomic E-state index is 5.96. The third-order valence-electron chi connectivity index (χ3n) is 3.67. The van der Waals surface area contributed by atoms with Crippen molar-refractivity contribution in [2.45, 2.75) is 33.2 Å². The molecule has 0 aliphatic carbocycles. The Kier molecular flexibility index (Phi) is 4.04. The van der Waals surface area contributed by atoms with Crippen LogP contribution >= 0.6 is 0 Å². The first-order valence-corrected chi connectivity index (χ1v) is 6.73. The van der Waals surface area contributed by atoms with Gasteiger partial charge in [0.2, 0.25) is 0 Å². The molecule has 0 amide bonds. The number of unbranched alkanes of at least 4 members (excludes halogenated alkanes) is 1. The summed E-state index contributed by atoms with van der Waals surface area (Å²) >= 11 is 0. The van der Waals surface area contributed by atoms with E-state index < -0.39 is 0 Å². The summed E-state index contributed by atoms with van der Waals surface area (Å²) in [6.07, 6.45) is 3.88. The number of aryl methyl sites for hydroxylation is 2. The Morgan fingerprint density at radius 1 is 1.21 bits per heavy atom. The van der Waals surface area contributed by atoms with Crippen molar-refractivity contribution in [1.82, 2.24) is 19.4 Å². The van der Waals surface area contributed by atoms with Crippen LogP contribution in [0.2, 0.25) is 0 Å². The van der Waals surface area contributed by atoms with Gasteiger partial charge in [-0.25, -0.2) is 9.97 Å². The largest absolute Gasteiger partial charge is 0.383 e. The molecule has 0 bridgehead atoms. The normalized spacial score (nSPS) is 11.6. The second kappa shape index (κ2) is 5.57. The second-order valence-corrected chi connectivity index (χ2v) is 5.33. The van der Waals surface area contributed by atoms with Gasteiger partial charge in [0.05, 0.1) is 5.39 Å². The smallest absolute Gasteiger partial charge is 0.145 e. The van der Waals surface area contributed by atoms with Gasteiger partial charge in [-0.05, 0) is 52.9 Å². The molecule has 5 nitrogen and oxygen atoms in total. The van der Waals surface area contributed by atoms with Crippen LogP contribution in [0.1, 0.15) is 24.1 Å². The van der Waals surface area contributed by atoms with Crippen LogP contribution < -0.4 is 5.73 Å². The first-order valence-electron chi connectivity index (χ1n) is 6.73. The van der Waals surface area contributed by atoms with Crippen LogP contribution in [0.4, 0.5) is 5.82 Å². The average Bonchev–Trinajstić information content (AvgIpc) is 2.60. The van der Waals surface area contributed by atoms with Crippen LogP contribution in [0, 0.1) is 13.8 Å². The molecular weight excluding hydrogens is 238 g/mol. The number of hydrogen-bond donors (Lipinski definition) is 1. The van der Waals surface area contributed by atoms with Gasteiger partial charge >= 0.3 is 0 Å². The lowest BCUT2D eigenvalue weighted by molar-refractivity contribution is 0.388. The molecule has 0 aliphatic rings. The highest BCUT2D eigenvalue weighted by molar-refractivity contribution is 5.90. The van der Waals surface area contributed by atoms with Crippen LogP contribution in [0.25, 0.3) is 11.0 Å². The fourth-order valence-electron chi connectivity index (χ4n) is 2.47. The Bertz CT molecular complexity index is 571. The number of nitrogens with two attached hydrogens (primary N) is 1. The van der Waals surface area contributed by atoms with Crippen molar-refractivity contribution in [2.75, 3.05) is 26.4 Å². The highest BCUT2D eigenvalue weighted by atomic mass is 15.1. The predicted octanol–water partition coefficient (Wildman–Crippen LogP) is 1.97. The third kappa shape index (κ3) is 2.71. The minimum Gasteiger partial charge on any atom is -0.383 e. The summed E-state index contributed by atoms with van der Waals surface area (Å²) in [5.41, 5.74) is 9.37. The van der Waals surface area contributed by atoms with Crippen molar-refractivity contribution in [3.63, 3.8) is 0 Å². The topological polar surface area (TPSA) is 60.0 Å². The van der Waals surface area contributed by atoms with E-state index in [0.29, 0.717) is 5.82 Å². The number of nitrogen functional groups attached to an aromatic ring is 1. The van der Waals surface area contributed by atoms with Crippen molar-refractivity contribution in [3.8, 4) is 0 Å². The molecule has 0 saturated heterocycles. The van der Waals surface area contributed by atoms with Gasteiger partial charge in [0.1, 0.15) is 17.8 Å². The minimum absolute atomic E-state index is 0.581. The van der Waals surface area contributed by atoms with Gasteiger partial charge in [-0.15, -0.1) is 0 Å². The predicted molar refractivity (Wildman–Crippen MR) is 79.2 cm³/mol. The van der Waals surface area contributed by atoms with E-state index in [0.717, 1.165) is 30.5 Å². The SMILES string of the molecule is Cc1c(C)n(CCCCN(C)C)c2ncnc(N)c12. The molecule has 0 aliphatic heterocycles. The standard InChI is InChI=1S/C14H23N5/c1-10-11(2)19(8-6-5-7-18(3)4)14-12(10)13(15)16-9-17-14/h9H,5-8H2,1-4H3,(H2,15,16,17). The van der Waals surface area contributed by atoms with E-state index in [9.17, 15) is 0 Å². The number of rotatable bonds is 5. The first kappa shape index (κ1) is 13.8. The third-order valence-corrected chi connectivity index (χ3v) is 3.67. The molecule has 0 fully saturated rings. The van der Waals surface area contributed by atoms with Gasteiger partial charge in [0, 0.05) is 12.2 Å². The van der Waals surface area contributed by atoms with E-state index in [1.54, 1.807) is 6.33 Å². The number of aromatic nitrogens is 3. The van der Waals surface area contributed by atoms with E-state index in [2.05, 4.69) is 47.4 Å². The number of anilines is 1. The lowest BCUT2D eigenvalue weighted by Gasteiger charge is -2.11. The molecule has 2 aromatic heterocycles. The van der Waals surface area contributed by atoms with E-state index in [1.165, 1.54) is 17.7 Å². The number of fused-ring (bicyclic) bond motifs is 1. The van der Waals surface area contributed by atoms with Crippen molar-refractivity contribution in [3.05, 3.63) is 17.6 Å². The summed E-state index contributed by atoms with van der Waals surface area (Å²) in [6.45, 7) is 6.32. The van der Waals surface area contributed by atoms with Gasteiger partial charge in [-0.1, -0.05) is 0 Å². The number of hydrogen-bond acceptors (Lipinski definition) is 4. The van der Waals surface area contributed by atoms with E-state index >= 15 is 0 Å². The fourth-order valence-corrected chi connectivity index (χ4v) is 2.47. The zero-order chi connectivity index (χ0) is 14.0. The maximum atomic E-state index is 5.96. The summed E-state index contributed by atoms with van der Waals surface area (Å²) in [7, 11) is 4.21. The van der Waals surface area contributed by atoms with Crippen molar-refractivity contribution >= 4 is 16.9 Å². The molecule has 104 valence electrons. The molecular formula is C14H23N5. The average molecular weight is 261 g/mol. The highest BCUT2D eigenvalue weighted by Gasteiger charge is 2.14. The number of nitrogens with zero attached hydrogens (tertiary/aromatic N) is 4. The van der Waals surface area contributed by atoms with E-state index in [4.69, 9.17) is 5.73 Å². The minimum atomic E-state index is 0.581. The first-order chi connectivity index (χ1) is 9.02. The highest BCUT2D eigenvalue weighted by Crippen LogP contribution is 2.27. The molecule has 5 heteroatoms. The van der Waals surface area contributed by atoms with Crippen molar-refractivity contribution in [1.29, 1.82) is 0 Å². The molecule has 0 radical (unpaired) electrons. The Balaban J connectivity index is 2.23. The molecule has 0 atom stereocenters. The Labute approximate surface area is 114 Å². The second-order valence-electron chi connectivity index (χ2n) is 5.33. The van der Waals surface area contributed by atoms with Gasteiger partial charge < -0.3 is 15.2 Å². The molecule has 19 heavy (non-hydrogen) atoms. The molecule has 0 spiro atoms. The summed E-state index contributed by atoms with van der Waals surface area (Å²) in [5, 5.41) is 1.01. The summed E-state index contributed by atoms with van der Waals surface area (Å²) in [4.78, 5) is 10.7. The maximum Gasteiger partial charge on any atom is 0.145 e. The molecule has 2 heterocycles. The Morgan fingerprint density at radius 3 is 2.63 bits per heavy atom.